The van der Waals surface area contributed by atoms with Crippen molar-refractivity contribution in [3.8, 4) is 11.5 Å². The van der Waals surface area contributed by atoms with Gasteiger partial charge in [0.05, 0.1) is 31.2 Å². The first-order chi connectivity index (χ1) is 17.0. The van der Waals surface area contributed by atoms with E-state index in [4.69, 9.17) is 21.1 Å². The number of nitrogens with zero attached hydrogens (tertiary/aromatic N) is 2. The molecule has 0 aliphatic carbocycles. The maximum absolute atomic E-state index is 13.3. The fourth-order valence-electron chi connectivity index (χ4n) is 3.69. The van der Waals surface area contributed by atoms with Crippen LogP contribution in [0.25, 0.3) is 0 Å². The molecule has 0 bridgehead atoms. The molecule has 0 heterocycles. The van der Waals surface area contributed by atoms with E-state index in [1.54, 1.807) is 32.2 Å². The molecule has 198 valence electrons. The SMILES string of the molecule is CCNC(=O)[C@H](C)N(Cc1cccc(OC)c1)C(=O)CCCN(c1ccc(OC)c(Cl)c1)S(C)(=O)=O. The summed E-state index contributed by atoms with van der Waals surface area (Å²) in [5, 5.41) is 3.03. The largest absolute Gasteiger partial charge is 0.497 e. The quantitative estimate of drug-likeness (QED) is 0.418. The minimum Gasteiger partial charge on any atom is -0.497 e. The second kappa shape index (κ2) is 13.4. The van der Waals surface area contributed by atoms with Crippen molar-refractivity contribution in [1.82, 2.24) is 10.2 Å². The van der Waals surface area contributed by atoms with Crippen LogP contribution in [0.5, 0.6) is 11.5 Å². The number of carbonyl (C=O) groups excluding carboxylic acids is 2. The molecule has 0 fully saturated rings. The lowest BCUT2D eigenvalue weighted by Gasteiger charge is -2.29. The summed E-state index contributed by atoms with van der Waals surface area (Å²) in [4.78, 5) is 27.3. The fourth-order valence-corrected chi connectivity index (χ4v) is 4.90. The van der Waals surface area contributed by atoms with Crippen LogP contribution in [0.2, 0.25) is 5.02 Å². The smallest absolute Gasteiger partial charge is 0.242 e. The molecular weight excluding hydrogens is 506 g/mol. The first-order valence-electron chi connectivity index (χ1n) is 11.5. The Morgan fingerprint density at radius 3 is 2.42 bits per heavy atom. The van der Waals surface area contributed by atoms with Crippen molar-refractivity contribution in [2.24, 2.45) is 0 Å². The third kappa shape index (κ3) is 8.03. The highest BCUT2D eigenvalue weighted by Crippen LogP contribution is 2.30. The van der Waals surface area contributed by atoms with Crippen LogP contribution < -0.4 is 19.1 Å². The van der Waals surface area contributed by atoms with Gasteiger partial charge in [0.1, 0.15) is 17.5 Å². The Morgan fingerprint density at radius 2 is 1.83 bits per heavy atom. The average Bonchev–Trinajstić information content (AvgIpc) is 2.84. The molecule has 0 unspecified atom stereocenters. The van der Waals surface area contributed by atoms with Crippen LogP contribution in [0.3, 0.4) is 0 Å². The number of halogens is 1. The Hall–Kier alpha value is -2.98. The zero-order chi connectivity index (χ0) is 26.9. The molecule has 1 N–H and O–H groups in total. The van der Waals surface area contributed by atoms with Crippen molar-refractivity contribution in [2.75, 3.05) is 37.9 Å². The zero-order valence-corrected chi connectivity index (χ0v) is 22.9. The molecule has 9 nitrogen and oxygen atoms in total. The van der Waals surface area contributed by atoms with Gasteiger partial charge >= 0.3 is 0 Å². The van der Waals surface area contributed by atoms with Crippen molar-refractivity contribution in [3.05, 3.63) is 53.1 Å². The number of likely N-dealkylation sites (N-methyl/N-ethyl adjacent to an activating group) is 1. The van der Waals surface area contributed by atoms with Crippen LogP contribution in [0.15, 0.2) is 42.5 Å². The van der Waals surface area contributed by atoms with E-state index in [0.29, 0.717) is 23.7 Å². The van der Waals surface area contributed by atoms with Gasteiger partial charge in [-0.1, -0.05) is 23.7 Å². The maximum Gasteiger partial charge on any atom is 0.242 e. The van der Waals surface area contributed by atoms with E-state index in [0.717, 1.165) is 11.8 Å². The van der Waals surface area contributed by atoms with Gasteiger partial charge in [-0.05, 0) is 56.2 Å². The second-order valence-corrected chi connectivity index (χ2v) is 10.5. The van der Waals surface area contributed by atoms with Gasteiger partial charge in [-0.15, -0.1) is 0 Å². The Morgan fingerprint density at radius 1 is 1.11 bits per heavy atom. The lowest BCUT2D eigenvalue weighted by Crippen LogP contribution is -2.47. The van der Waals surface area contributed by atoms with Gasteiger partial charge in [0.25, 0.3) is 0 Å². The fraction of sp³-hybridized carbons (Fsp3) is 0.440. The number of ether oxygens (including phenoxy) is 2. The predicted molar refractivity (Wildman–Crippen MR) is 141 cm³/mol. The standard InChI is InChI=1S/C25H34ClN3O6S/c1-6-27-25(31)18(2)28(17-19-9-7-10-21(15-19)34-3)24(30)11-8-14-29(36(5,32)33)20-12-13-23(35-4)22(26)16-20/h7,9-10,12-13,15-16,18H,6,8,11,14,17H2,1-5H3,(H,27,31)/t18-/m0/s1. The summed E-state index contributed by atoms with van der Waals surface area (Å²) in [6.45, 7) is 4.20. The molecule has 2 amide bonds. The summed E-state index contributed by atoms with van der Waals surface area (Å²) in [5.41, 5.74) is 1.18. The van der Waals surface area contributed by atoms with Crippen molar-refractivity contribution in [2.45, 2.75) is 39.3 Å². The molecule has 0 aromatic heterocycles. The molecular formula is C25H34ClN3O6S. The highest BCUT2D eigenvalue weighted by Gasteiger charge is 2.26. The van der Waals surface area contributed by atoms with Crippen LogP contribution in [-0.2, 0) is 26.2 Å². The van der Waals surface area contributed by atoms with Crippen molar-refractivity contribution in [1.29, 1.82) is 0 Å². The molecule has 0 aliphatic heterocycles. The van der Waals surface area contributed by atoms with Gasteiger partial charge < -0.3 is 19.7 Å². The first kappa shape index (κ1) is 29.3. The lowest BCUT2D eigenvalue weighted by atomic mass is 10.1. The van der Waals surface area contributed by atoms with E-state index in [-0.39, 0.29) is 42.8 Å². The first-order valence-corrected chi connectivity index (χ1v) is 13.8. The Bertz CT molecular complexity index is 1160. The van der Waals surface area contributed by atoms with E-state index in [1.807, 2.05) is 25.1 Å². The highest BCUT2D eigenvalue weighted by molar-refractivity contribution is 7.92. The van der Waals surface area contributed by atoms with Crippen LogP contribution in [0, 0.1) is 0 Å². The van der Waals surface area contributed by atoms with Gasteiger partial charge in [-0.25, -0.2) is 8.42 Å². The highest BCUT2D eigenvalue weighted by atomic mass is 35.5. The molecule has 0 saturated carbocycles. The molecule has 36 heavy (non-hydrogen) atoms. The van der Waals surface area contributed by atoms with Crippen molar-refractivity contribution < 1.29 is 27.5 Å². The Balaban J connectivity index is 2.19. The minimum absolute atomic E-state index is 0.0453. The summed E-state index contributed by atoms with van der Waals surface area (Å²) >= 11 is 6.18. The van der Waals surface area contributed by atoms with Gasteiger partial charge in [0.15, 0.2) is 0 Å². The van der Waals surface area contributed by atoms with E-state index in [2.05, 4.69) is 5.32 Å². The van der Waals surface area contributed by atoms with Crippen LogP contribution in [-0.4, -0.2) is 64.7 Å². The van der Waals surface area contributed by atoms with Crippen molar-refractivity contribution in [3.63, 3.8) is 0 Å². The van der Waals surface area contributed by atoms with E-state index in [9.17, 15) is 18.0 Å². The second-order valence-electron chi connectivity index (χ2n) is 8.20. The van der Waals surface area contributed by atoms with Gasteiger partial charge in [-0.3, -0.25) is 13.9 Å². The number of methoxy groups -OCH3 is 2. The van der Waals surface area contributed by atoms with Gasteiger partial charge in [-0.2, -0.15) is 0 Å². The van der Waals surface area contributed by atoms with Crippen LogP contribution >= 0.6 is 11.6 Å². The summed E-state index contributed by atoms with van der Waals surface area (Å²) < 4.78 is 36.5. The van der Waals surface area contributed by atoms with Crippen LogP contribution in [0.1, 0.15) is 32.3 Å². The molecule has 0 radical (unpaired) electrons. The number of sulfonamides is 1. The van der Waals surface area contributed by atoms with E-state index < -0.39 is 16.1 Å². The molecule has 11 heteroatoms. The summed E-state index contributed by atoms with van der Waals surface area (Å²) in [7, 11) is -0.604. The van der Waals surface area contributed by atoms with Crippen molar-refractivity contribution >= 4 is 39.1 Å². The third-order valence-electron chi connectivity index (χ3n) is 5.58. The Kier molecular flexibility index (Phi) is 10.9. The topological polar surface area (TPSA) is 105 Å². The normalized spacial score (nSPS) is 11.9. The molecule has 2 rings (SSSR count). The molecule has 2 aromatic carbocycles. The third-order valence-corrected chi connectivity index (χ3v) is 7.07. The van der Waals surface area contributed by atoms with E-state index in [1.165, 1.54) is 22.4 Å². The number of benzene rings is 2. The minimum atomic E-state index is -3.63. The predicted octanol–water partition coefficient (Wildman–Crippen LogP) is 3.46. The summed E-state index contributed by atoms with van der Waals surface area (Å²) in [5.74, 6) is 0.543. The van der Waals surface area contributed by atoms with E-state index >= 15 is 0 Å². The number of rotatable bonds is 13. The monoisotopic (exact) mass is 539 g/mol. The number of hydrogen-bond acceptors (Lipinski definition) is 6. The molecule has 0 spiro atoms. The number of amides is 2. The summed E-state index contributed by atoms with van der Waals surface area (Å²) in [6, 6.07) is 11.3. The number of carbonyl (C=O) groups is 2. The zero-order valence-electron chi connectivity index (χ0n) is 21.3. The number of hydrogen-bond donors (Lipinski definition) is 1. The molecule has 2 aromatic rings. The summed E-state index contributed by atoms with van der Waals surface area (Å²) in [6.07, 6.45) is 1.38. The lowest BCUT2D eigenvalue weighted by molar-refractivity contribution is -0.140. The Labute approximate surface area is 218 Å². The van der Waals surface area contributed by atoms with Gasteiger partial charge in [0, 0.05) is 26.1 Å². The van der Waals surface area contributed by atoms with Gasteiger partial charge in [0.2, 0.25) is 21.8 Å². The maximum atomic E-state index is 13.3. The van der Waals surface area contributed by atoms with Crippen LogP contribution in [0.4, 0.5) is 5.69 Å². The number of nitrogens with one attached hydrogen (secondary N) is 1. The molecule has 1 atom stereocenters. The molecule has 0 aliphatic rings. The number of anilines is 1. The molecule has 0 saturated heterocycles. The average molecular weight is 540 g/mol.